The number of nitrogens with zero attached hydrogens (tertiary/aromatic N) is 2. The van der Waals surface area contributed by atoms with Crippen molar-refractivity contribution in [2.45, 2.75) is 32.7 Å². The number of anilines is 1. The lowest BCUT2D eigenvalue weighted by Crippen LogP contribution is -2.26. The maximum absolute atomic E-state index is 12.8. The fourth-order valence-electron chi connectivity index (χ4n) is 2.79. The molecule has 2 N–H and O–H groups in total. The van der Waals surface area contributed by atoms with E-state index in [9.17, 15) is 4.79 Å². The molecule has 0 saturated carbocycles. The van der Waals surface area contributed by atoms with Crippen LogP contribution in [0.3, 0.4) is 0 Å². The van der Waals surface area contributed by atoms with Crippen LogP contribution in [-0.4, -0.2) is 22.8 Å². The molecule has 4 nitrogen and oxygen atoms in total. The van der Waals surface area contributed by atoms with Gasteiger partial charge < -0.3 is 10.6 Å². The van der Waals surface area contributed by atoms with Crippen LogP contribution >= 0.6 is 11.3 Å². The number of aromatic nitrogens is 1. The van der Waals surface area contributed by atoms with E-state index in [1.165, 1.54) is 11.3 Å². The molecule has 0 bridgehead atoms. The molecule has 2 heterocycles. The third-order valence-electron chi connectivity index (χ3n) is 4.24. The van der Waals surface area contributed by atoms with E-state index in [0.717, 1.165) is 40.7 Å². The standard InChI is InChI=1S/C20H23N3OS/c1-3-4-10-15-11-12-16-17(21)18(25-19(16)22-15)20(24)23(2)13-14-8-6-5-7-9-14/h5-9,11-12H,3-4,10,13,21H2,1-2H3. The van der Waals surface area contributed by atoms with Gasteiger partial charge in [0.1, 0.15) is 9.71 Å². The second-order valence-electron chi connectivity index (χ2n) is 6.25. The van der Waals surface area contributed by atoms with E-state index in [1.807, 2.05) is 42.5 Å². The monoisotopic (exact) mass is 353 g/mol. The minimum absolute atomic E-state index is 0.0561. The van der Waals surface area contributed by atoms with E-state index in [1.54, 1.807) is 11.9 Å². The normalized spacial score (nSPS) is 11.0. The minimum atomic E-state index is -0.0561. The van der Waals surface area contributed by atoms with E-state index < -0.39 is 0 Å². The number of benzene rings is 1. The Balaban J connectivity index is 1.84. The molecule has 1 aromatic carbocycles. The first-order valence-corrected chi connectivity index (χ1v) is 9.39. The first kappa shape index (κ1) is 17.4. The molecule has 0 saturated heterocycles. The maximum atomic E-state index is 12.8. The minimum Gasteiger partial charge on any atom is -0.397 e. The number of carbonyl (C=O) groups is 1. The molecule has 2 aromatic heterocycles. The zero-order valence-electron chi connectivity index (χ0n) is 14.7. The summed E-state index contributed by atoms with van der Waals surface area (Å²) in [5.74, 6) is -0.0561. The topological polar surface area (TPSA) is 59.2 Å². The molecule has 0 unspecified atom stereocenters. The molecule has 25 heavy (non-hydrogen) atoms. The number of rotatable bonds is 6. The molecular weight excluding hydrogens is 330 g/mol. The third kappa shape index (κ3) is 3.82. The van der Waals surface area contributed by atoms with E-state index >= 15 is 0 Å². The fraction of sp³-hybridized carbons (Fsp3) is 0.300. The Morgan fingerprint density at radius 2 is 1.96 bits per heavy atom. The SMILES string of the molecule is CCCCc1ccc2c(N)c(C(=O)N(C)Cc3ccccc3)sc2n1. The summed E-state index contributed by atoms with van der Waals surface area (Å²) >= 11 is 1.39. The smallest absolute Gasteiger partial charge is 0.266 e. The number of pyridine rings is 1. The molecule has 5 heteroatoms. The lowest BCUT2D eigenvalue weighted by molar-refractivity contribution is 0.0791. The zero-order chi connectivity index (χ0) is 17.8. The second-order valence-corrected chi connectivity index (χ2v) is 7.25. The average Bonchev–Trinajstić information content (AvgIpc) is 2.96. The highest BCUT2D eigenvalue weighted by molar-refractivity contribution is 7.21. The van der Waals surface area contributed by atoms with Gasteiger partial charge in [-0.3, -0.25) is 4.79 Å². The van der Waals surface area contributed by atoms with Crippen molar-refractivity contribution in [1.82, 2.24) is 9.88 Å². The number of carbonyl (C=O) groups excluding carboxylic acids is 1. The number of thiophene rings is 1. The van der Waals surface area contributed by atoms with Gasteiger partial charge in [0.05, 0.1) is 5.69 Å². The van der Waals surface area contributed by atoms with Crippen molar-refractivity contribution in [3.8, 4) is 0 Å². The number of nitrogen functional groups attached to an aromatic ring is 1. The van der Waals surface area contributed by atoms with Crippen LogP contribution in [0.15, 0.2) is 42.5 Å². The van der Waals surface area contributed by atoms with Gasteiger partial charge in [0, 0.05) is 24.7 Å². The van der Waals surface area contributed by atoms with Gasteiger partial charge in [0.25, 0.3) is 5.91 Å². The summed E-state index contributed by atoms with van der Waals surface area (Å²) in [4.78, 5) is 20.6. The summed E-state index contributed by atoms with van der Waals surface area (Å²) in [6, 6.07) is 14.0. The molecule has 0 spiro atoms. The summed E-state index contributed by atoms with van der Waals surface area (Å²) < 4.78 is 0. The van der Waals surface area contributed by atoms with Gasteiger partial charge in [-0.2, -0.15) is 0 Å². The molecule has 130 valence electrons. The summed E-state index contributed by atoms with van der Waals surface area (Å²) in [7, 11) is 1.80. The Hall–Kier alpha value is -2.40. The number of fused-ring (bicyclic) bond motifs is 1. The number of hydrogen-bond donors (Lipinski definition) is 1. The molecule has 0 fully saturated rings. The van der Waals surface area contributed by atoms with Crippen molar-refractivity contribution in [2.24, 2.45) is 0 Å². The first-order chi connectivity index (χ1) is 12.1. The molecule has 0 aliphatic carbocycles. The largest absolute Gasteiger partial charge is 0.397 e. The molecular formula is C20H23N3OS. The Bertz CT molecular complexity index is 873. The molecule has 3 rings (SSSR count). The number of unbranched alkanes of at least 4 members (excludes halogenated alkanes) is 1. The molecule has 0 radical (unpaired) electrons. The van der Waals surface area contributed by atoms with Crippen LogP contribution in [0.1, 0.15) is 40.7 Å². The predicted octanol–water partition coefficient (Wildman–Crippen LogP) is 4.49. The van der Waals surface area contributed by atoms with Crippen molar-refractivity contribution in [3.05, 3.63) is 58.6 Å². The van der Waals surface area contributed by atoms with Crippen molar-refractivity contribution in [2.75, 3.05) is 12.8 Å². The van der Waals surface area contributed by atoms with Crippen LogP contribution in [0.2, 0.25) is 0 Å². The van der Waals surface area contributed by atoms with Gasteiger partial charge >= 0.3 is 0 Å². The van der Waals surface area contributed by atoms with Crippen molar-refractivity contribution in [1.29, 1.82) is 0 Å². The number of aryl methyl sites for hydroxylation is 1. The van der Waals surface area contributed by atoms with Crippen LogP contribution in [0, 0.1) is 0 Å². The maximum Gasteiger partial charge on any atom is 0.266 e. The van der Waals surface area contributed by atoms with Crippen molar-refractivity contribution < 1.29 is 4.79 Å². The first-order valence-electron chi connectivity index (χ1n) is 8.57. The van der Waals surface area contributed by atoms with Gasteiger partial charge in [-0.25, -0.2) is 4.98 Å². The fourth-order valence-corrected chi connectivity index (χ4v) is 3.90. The highest BCUT2D eigenvalue weighted by Crippen LogP contribution is 2.33. The van der Waals surface area contributed by atoms with E-state index in [-0.39, 0.29) is 5.91 Å². The Kier molecular flexibility index (Phi) is 5.34. The molecule has 1 amide bonds. The number of hydrogen-bond acceptors (Lipinski definition) is 4. The van der Waals surface area contributed by atoms with Crippen LogP contribution < -0.4 is 5.73 Å². The number of nitrogens with two attached hydrogens (primary N) is 1. The summed E-state index contributed by atoms with van der Waals surface area (Å²) in [5, 5.41) is 0.877. The van der Waals surface area contributed by atoms with Crippen molar-refractivity contribution in [3.63, 3.8) is 0 Å². The van der Waals surface area contributed by atoms with Crippen LogP contribution in [-0.2, 0) is 13.0 Å². The van der Waals surface area contributed by atoms with Gasteiger partial charge in [-0.1, -0.05) is 43.7 Å². The van der Waals surface area contributed by atoms with Crippen molar-refractivity contribution >= 4 is 33.1 Å². The Morgan fingerprint density at radius 1 is 1.20 bits per heavy atom. The van der Waals surface area contributed by atoms with Crippen LogP contribution in [0.5, 0.6) is 0 Å². The van der Waals surface area contributed by atoms with Gasteiger partial charge in [0.2, 0.25) is 0 Å². The Labute approximate surface area is 152 Å². The highest BCUT2D eigenvalue weighted by Gasteiger charge is 2.20. The van der Waals surface area contributed by atoms with E-state index in [2.05, 4.69) is 11.9 Å². The molecule has 0 aliphatic heterocycles. The number of amides is 1. The highest BCUT2D eigenvalue weighted by atomic mass is 32.1. The molecule has 0 atom stereocenters. The average molecular weight is 353 g/mol. The summed E-state index contributed by atoms with van der Waals surface area (Å²) in [6.45, 7) is 2.73. The summed E-state index contributed by atoms with van der Waals surface area (Å²) in [5.41, 5.74) is 8.94. The molecule has 3 aromatic rings. The Morgan fingerprint density at radius 3 is 2.68 bits per heavy atom. The quantitative estimate of drug-likeness (QED) is 0.710. The van der Waals surface area contributed by atoms with E-state index in [4.69, 9.17) is 5.73 Å². The third-order valence-corrected chi connectivity index (χ3v) is 5.34. The predicted molar refractivity (Wildman–Crippen MR) is 105 cm³/mol. The lowest BCUT2D eigenvalue weighted by atomic mass is 10.1. The lowest BCUT2D eigenvalue weighted by Gasteiger charge is -2.16. The van der Waals surface area contributed by atoms with Gasteiger partial charge in [-0.15, -0.1) is 11.3 Å². The van der Waals surface area contributed by atoms with Gasteiger partial charge in [0.15, 0.2) is 0 Å². The second kappa shape index (κ2) is 7.66. The summed E-state index contributed by atoms with van der Waals surface area (Å²) in [6.07, 6.45) is 3.21. The van der Waals surface area contributed by atoms with E-state index in [0.29, 0.717) is 17.1 Å². The van der Waals surface area contributed by atoms with Crippen LogP contribution in [0.25, 0.3) is 10.2 Å². The molecule has 0 aliphatic rings. The zero-order valence-corrected chi connectivity index (χ0v) is 15.5. The van der Waals surface area contributed by atoms with Gasteiger partial charge in [-0.05, 0) is 30.5 Å². The van der Waals surface area contributed by atoms with Crippen LogP contribution in [0.4, 0.5) is 5.69 Å².